The van der Waals surface area contributed by atoms with E-state index >= 15 is 0 Å². The molecule has 1 aromatic carbocycles. The van der Waals surface area contributed by atoms with Crippen LogP contribution in [0.2, 0.25) is 0 Å². The van der Waals surface area contributed by atoms with E-state index in [0.29, 0.717) is 15.7 Å². The summed E-state index contributed by atoms with van der Waals surface area (Å²) in [7, 11) is 0.611. The Morgan fingerprint density at radius 3 is 1.94 bits per heavy atom. The summed E-state index contributed by atoms with van der Waals surface area (Å²) < 4.78 is 13.9. The first-order chi connectivity index (χ1) is 15.5. The van der Waals surface area contributed by atoms with Gasteiger partial charge in [0.25, 0.3) is 0 Å². The van der Waals surface area contributed by atoms with E-state index in [1.54, 1.807) is 0 Å². The number of carbonyl (C=O) groups is 2. The zero-order valence-electron chi connectivity index (χ0n) is 20.8. The Morgan fingerprint density at radius 1 is 0.906 bits per heavy atom. The zero-order valence-corrected chi connectivity index (χ0v) is 22.3. The van der Waals surface area contributed by atoms with Gasteiger partial charge >= 0.3 is 5.97 Å². The average Bonchev–Trinajstić information content (AvgIpc) is 3.27. The number of ketones is 1. The molecule has 0 spiro atoms. The standard InChI is InChI=1S/C27H42O3.H3OP/c1-5-6-7-8-9-10-11-14-17-30-27(29)25(23-15-12-13-16-23)26(28)24-21(3)18-20(2)19-22(24)4;1-2/h18-19,23,25H,5-17H2,1-4H3;2H3. The van der Waals surface area contributed by atoms with E-state index in [1.807, 2.05) is 32.9 Å². The number of unbranched alkanes of at least 4 members (excludes halogenated alkanes) is 7. The van der Waals surface area contributed by atoms with Crippen LogP contribution in [-0.2, 0) is 14.1 Å². The molecule has 4 nitrogen and oxygen atoms in total. The molecule has 0 N–H and O–H groups in total. The van der Waals surface area contributed by atoms with E-state index in [4.69, 9.17) is 9.30 Å². The van der Waals surface area contributed by atoms with Crippen LogP contribution < -0.4 is 0 Å². The summed E-state index contributed by atoms with van der Waals surface area (Å²) in [6.07, 6.45) is 13.8. The minimum atomic E-state index is -0.637. The second-order valence-corrected chi connectivity index (χ2v) is 9.30. The van der Waals surface area contributed by atoms with Gasteiger partial charge in [-0.15, -0.1) is 0 Å². The van der Waals surface area contributed by atoms with Crippen LogP contribution in [0.15, 0.2) is 12.1 Å². The summed E-state index contributed by atoms with van der Waals surface area (Å²) in [5.74, 6) is -0.836. The van der Waals surface area contributed by atoms with Crippen LogP contribution in [-0.4, -0.2) is 18.4 Å². The number of hydrogen-bond acceptors (Lipinski definition) is 4. The van der Waals surface area contributed by atoms with Crippen molar-refractivity contribution in [3.05, 3.63) is 34.4 Å². The fourth-order valence-electron chi connectivity index (χ4n) is 5.03. The molecule has 0 saturated heterocycles. The SMILES string of the molecule is CCCCCCCCCCOC(=O)C(C(=O)c1c(C)cc(C)cc1C)C1CCCC1.O=[PH3]. The molecule has 1 fully saturated rings. The van der Waals surface area contributed by atoms with Crippen molar-refractivity contribution in [2.75, 3.05) is 6.61 Å². The van der Waals surface area contributed by atoms with Crippen LogP contribution in [0.3, 0.4) is 0 Å². The van der Waals surface area contributed by atoms with Gasteiger partial charge in [0, 0.05) is 5.56 Å². The largest absolute Gasteiger partial charge is 0.465 e. The molecule has 0 heterocycles. The van der Waals surface area contributed by atoms with Gasteiger partial charge in [0.2, 0.25) is 0 Å². The summed E-state index contributed by atoms with van der Waals surface area (Å²) >= 11 is 0. The first-order valence-electron chi connectivity index (χ1n) is 12.5. The molecule has 1 aliphatic rings. The first-order valence-corrected chi connectivity index (χ1v) is 13.1. The van der Waals surface area contributed by atoms with Crippen molar-refractivity contribution in [1.29, 1.82) is 0 Å². The molecule has 0 aromatic heterocycles. The van der Waals surface area contributed by atoms with Gasteiger partial charge in [0.1, 0.15) is 5.92 Å². The molecule has 0 radical (unpaired) electrons. The molecular weight excluding hydrogens is 419 g/mol. The molecule has 0 bridgehead atoms. The van der Waals surface area contributed by atoms with E-state index in [-0.39, 0.29) is 17.7 Å². The highest BCUT2D eigenvalue weighted by molar-refractivity contribution is 7.00. The lowest BCUT2D eigenvalue weighted by molar-refractivity contribution is -0.148. The van der Waals surface area contributed by atoms with Crippen molar-refractivity contribution in [1.82, 2.24) is 0 Å². The molecule has 32 heavy (non-hydrogen) atoms. The number of carbonyl (C=O) groups excluding carboxylic acids is 2. The van der Waals surface area contributed by atoms with Crippen LogP contribution in [0.1, 0.15) is 111 Å². The minimum absolute atomic E-state index is 0.0298. The summed E-state index contributed by atoms with van der Waals surface area (Å²) in [6.45, 7) is 8.67. The Morgan fingerprint density at radius 2 is 1.41 bits per heavy atom. The Balaban J connectivity index is 0.00000249. The number of aryl methyl sites for hydroxylation is 3. The first kappa shape index (κ1) is 28.6. The molecule has 0 aliphatic heterocycles. The summed E-state index contributed by atoms with van der Waals surface area (Å²) in [5.41, 5.74) is 3.81. The van der Waals surface area contributed by atoms with Gasteiger partial charge in [-0.3, -0.25) is 9.59 Å². The lowest BCUT2D eigenvalue weighted by atomic mass is 9.82. The van der Waals surface area contributed by atoms with Gasteiger partial charge in [-0.25, -0.2) is 0 Å². The van der Waals surface area contributed by atoms with Crippen LogP contribution >= 0.6 is 9.12 Å². The number of Topliss-reactive ketones (excluding diaryl/α,β-unsaturated/α-hetero) is 1. The highest BCUT2D eigenvalue weighted by atomic mass is 31.0. The summed E-state index contributed by atoms with van der Waals surface area (Å²) in [4.78, 5) is 26.5. The van der Waals surface area contributed by atoms with Crippen molar-refractivity contribution in [3.63, 3.8) is 0 Å². The van der Waals surface area contributed by atoms with Gasteiger partial charge in [0.15, 0.2) is 5.78 Å². The third kappa shape index (κ3) is 9.22. The number of benzene rings is 1. The monoisotopic (exact) mass is 464 g/mol. The summed E-state index contributed by atoms with van der Waals surface area (Å²) in [6, 6.07) is 4.08. The normalized spacial score (nSPS) is 14.6. The molecule has 182 valence electrons. The van der Waals surface area contributed by atoms with Gasteiger partial charge in [-0.05, 0) is 57.1 Å². The van der Waals surface area contributed by atoms with Crippen LogP contribution in [0.25, 0.3) is 0 Å². The minimum Gasteiger partial charge on any atom is -0.465 e. The molecule has 0 amide bonds. The Hall–Kier alpha value is -1.41. The van der Waals surface area contributed by atoms with E-state index < -0.39 is 5.92 Å². The maximum Gasteiger partial charge on any atom is 0.317 e. The van der Waals surface area contributed by atoms with Crippen molar-refractivity contribution in [2.45, 2.75) is 105 Å². The number of esters is 1. The second kappa shape index (κ2) is 16.2. The molecule has 2 rings (SSSR count). The second-order valence-electron chi connectivity index (χ2n) is 9.30. The van der Waals surface area contributed by atoms with Gasteiger partial charge in [0.05, 0.1) is 15.7 Å². The Kier molecular flexibility index (Phi) is 14.5. The lowest BCUT2D eigenvalue weighted by Gasteiger charge is -2.23. The highest BCUT2D eigenvalue weighted by Crippen LogP contribution is 2.35. The van der Waals surface area contributed by atoms with Crippen LogP contribution in [0.4, 0.5) is 0 Å². The smallest absolute Gasteiger partial charge is 0.317 e. The predicted octanol–water partition coefficient (Wildman–Crippen LogP) is 7.22. The van der Waals surface area contributed by atoms with E-state index in [0.717, 1.165) is 60.8 Å². The summed E-state index contributed by atoms with van der Waals surface area (Å²) in [5, 5.41) is 0. The molecule has 1 aromatic rings. The zero-order chi connectivity index (χ0) is 23.9. The Labute approximate surface area is 197 Å². The van der Waals surface area contributed by atoms with Crippen molar-refractivity contribution >= 4 is 20.9 Å². The average molecular weight is 465 g/mol. The van der Waals surface area contributed by atoms with Crippen molar-refractivity contribution < 1.29 is 18.9 Å². The number of hydrogen-bond donors (Lipinski definition) is 0. The van der Waals surface area contributed by atoms with Crippen molar-refractivity contribution in [3.8, 4) is 0 Å². The van der Waals surface area contributed by atoms with Crippen LogP contribution in [0.5, 0.6) is 0 Å². The maximum absolute atomic E-state index is 13.5. The van der Waals surface area contributed by atoms with E-state index in [9.17, 15) is 9.59 Å². The molecule has 5 heteroatoms. The topological polar surface area (TPSA) is 60.4 Å². The molecule has 1 aliphatic carbocycles. The Bertz CT molecular complexity index is 687. The maximum atomic E-state index is 13.5. The van der Waals surface area contributed by atoms with Crippen molar-refractivity contribution in [2.24, 2.45) is 11.8 Å². The fourth-order valence-corrected chi connectivity index (χ4v) is 5.03. The molecular formula is C27H45O4P. The lowest BCUT2D eigenvalue weighted by Crippen LogP contribution is -2.33. The number of ether oxygens (including phenoxy) is 1. The van der Waals surface area contributed by atoms with E-state index in [1.165, 1.54) is 38.5 Å². The molecule has 2 unspecified atom stereocenters. The van der Waals surface area contributed by atoms with E-state index in [2.05, 4.69) is 6.92 Å². The quantitative estimate of drug-likeness (QED) is 0.102. The predicted molar refractivity (Wildman–Crippen MR) is 136 cm³/mol. The molecule has 1 saturated carbocycles. The van der Waals surface area contributed by atoms with Gasteiger partial charge in [-0.1, -0.05) is 82.4 Å². The van der Waals surface area contributed by atoms with Gasteiger partial charge in [-0.2, -0.15) is 0 Å². The third-order valence-electron chi connectivity index (χ3n) is 6.57. The third-order valence-corrected chi connectivity index (χ3v) is 6.57. The fraction of sp³-hybridized carbons (Fsp3) is 0.704. The number of rotatable bonds is 13. The van der Waals surface area contributed by atoms with Crippen LogP contribution in [0, 0.1) is 32.6 Å². The molecule has 2 atom stereocenters. The highest BCUT2D eigenvalue weighted by Gasteiger charge is 2.38. The van der Waals surface area contributed by atoms with Gasteiger partial charge < -0.3 is 9.30 Å².